The van der Waals surface area contributed by atoms with Gasteiger partial charge in [0.15, 0.2) is 0 Å². The van der Waals surface area contributed by atoms with Gasteiger partial charge in [-0.05, 0) is 120 Å². The number of carbonyl (C=O) groups is 1. The third-order valence-electron chi connectivity index (χ3n) is 8.49. The molecule has 0 amide bonds. The maximum Gasteiger partial charge on any atom is 0.129 e. The summed E-state index contributed by atoms with van der Waals surface area (Å²) in [6.07, 6.45) is 13.6. The number of anilines is 1. The number of hydrogen-bond acceptors (Lipinski definition) is 5. The average molecular weight is 582 g/mol. The Labute approximate surface area is 255 Å². The number of benzene rings is 1. The van der Waals surface area contributed by atoms with E-state index in [9.17, 15) is 4.39 Å². The molecule has 2 aliphatic heterocycles. The number of pyridine rings is 1. The molecule has 42 heavy (non-hydrogen) atoms. The summed E-state index contributed by atoms with van der Waals surface area (Å²) in [6, 6.07) is 11.1. The van der Waals surface area contributed by atoms with Crippen LogP contribution >= 0.6 is 0 Å². The summed E-state index contributed by atoms with van der Waals surface area (Å²) in [4.78, 5) is 16.0. The zero-order valence-electron chi connectivity index (χ0n) is 27.0. The van der Waals surface area contributed by atoms with Crippen LogP contribution in [-0.4, -0.2) is 55.2 Å². The highest BCUT2D eigenvalue weighted by Gasteiger charge is 2.28. The first-order valence-electron chi connectivity index (χ1n) is 16.0. The molecule has 0 spiro atoms. The molecule has 1 N–H and O–H groups in total. The van der Waals surface area contributed by atoms with E-state index in [1.165, 1.54) is 61.5 Å². The van der Waals surface area contributed by atoms with Crippen molar-refractivity contribution in [2.24, 2.45) is 5.92 Å². The van der Waals surface area contributed by atoms with Gasteiger partial charge in [0.25, 0.3) is 0 Å². The van der Waals surface area contributed by atoms with Gasteiger partial charge in [-0.1, -0.05) is 43.7 Å². The SMILES string of the molecule is C=CC(Cc1c(CC)cccc1CN1CCCC1)C(C)(C)OC.CC=O.FCCCCCc1ccc2c(n1)NCCC2. The number of nitrogens with one attached hydrogen (secondary N) is 1. The summed E-state index contributed by atoms with van der Waals surface area (Å²) in [5.41, 5.74) is 6.75. The summed E-state index contributed by atoms with van der Waals surface area (Å²) in [5, 5.41) is 3.33. The van der Waals surface area contributed by atoms with Gasteiger partial charge < -0.3 is 14.8 Å². The number of nitrogens with zero attached hydrogens (tertiary/aromatic N) is 2. The first-order valence-corrected chi connectivity index (χ1v) is 16.0. The van der Waals surface area contributed by atoms with Crippen molar-refractivity contribution >= 4 is 12.1 Å². The Morgan fingerprint density at radius 1 is 1.12 bits per heavy atom. The number of aryl methyl sites for hydroxylation is 3. The summed E-state index contributed by atoms with van der Waals surface area (Å²) in [5.74, 6) is 1.38. The van der Waals surface area contributed by atoms with Crippen LogP contribution < -0.4 is 5.32 Å². The number of halogens is 1. The number of alkyl halides is 1. The molecule has 1 aromatic heterocycles. The molecular weight excluding hydrogens is 525 g/mol. The van der Waals surface area contributed by atoms with Gasteiger partial charge in [0, 0.05) is 31.8 Å². The van der Waals surface area contributed by atoms with Crippen molar-refractivity contribution in [3.8, 4) is 0 Å². The fourth-order valence-electron chi connectivity index (χ4n) is 5.68. The normalized spacial score (nSPS) is 15.3. The van der Waals surface area contributed by atoms with Gasteiger partial charge in [0.05, 0.1) is 12.3 Å². The molecule has 1 saturated heterocycles. The Kier molecular flexibility index (Phi) is 16.6. The highest BCUT2D eigenvalue weighted by atomic mass is 19.1. The van der Waals surface area contributed by atoms with Crippen LogP contribution in [0.15, 0.2) is 43.0 Å². The Hall–Kier alpha value is -2.57. The number of likely N-dealkylation sites (tertiary alicyclic amines) is 1. The Morgan fingerprint density at radius 2 is 1.83 bits per heavy atom. The lowest BCUT2D eigenvalue weighted by Gasteiger charge is -2.32. The smallest absolute Gasteiger partial charge is 0.129 e. The first kappa shape index (κ1) is 35.6. The predicted octanol–water partition coefficient (Wildman–Crippen LogP) is 7.94. The minimum absolute atomic E-state index is 0.187. The summed E-state index contributed by atoms with van der Waals surface area (Å²) in [6.45, 7) is 16.5. The molecule has 2 aliphatic rings. The van der Waals surface area contributed by atoms with Crippen LogP contribution in [0.1, 0.15) is 94.2 Å². The van der Waals surface area contributed by atoms with E-state index >= 15 is 0 Å². The van der Waals surface area contributed by atoms with Crippen molar-refractivity contribution in [2.45, 2.75) is 104 Å². The molecule has 5 nitrogen and oxygen atoms in total. The molecule has 0 bridgehead atoms. The maximum atomic E-state index is 11.9. The van der Waals surface area contributed by atoms with Crippen LogP contribution in [0.25, 0.3) is 0 Å². The lowest BCUT2D eigenvalue weighted by molar-refractivity contribution is -0.106. The van der Waals surface area contributed by atoms with Crippen molar-refractivity contribution in [1.29, 1.82) is 0 Å². The largest absolute Gasteiger partial charge is 0.378 e. The lowest BCUT2D eigenvalue weighted by Crippen LogP contribution is -2.34. The van der Waals surface area contributed by atoms with Crippen molar-refractivity contribution in [1.82, 2.24) is 9.88 Å². The molecule has 1 atom stereocenters. The zero-order chi connectivity index (χ0) is 30.8. The number of aldehydes is 1. The van der Waals surface area contributed by atoms with E-state index in [0.717, 1.165) is 69.4 Å². The second-order valence-corrected chi connectivity index (χ2v) is 11.8. The van der Waals surface area contributed by atoms with Crippen molar-refractivity contribution in [3.63, 3.8) is 0 Å². The average Bonchev–Trinajstić information content (AvgIpc) is 3.52. The molecule has 0 radical (unpaired) electrons. The number of rotatable bonds is 13. The van der Waals surface area contributed by atoms with Crippen molar-refractivity contribution in [3.05, 3.63) is 70.9 Å². The molecule has 0 saturated carbocycles. The zero-order valence-corrected chi connectivity index (χ0v) is 27.0. The Balaban J connectivity index is 0.000000282. The van der Waals surface area contributed by atoms with Crippen LogP contribution in [0.2, 0.25) is 0 Å². The molecule has 234 valence electrons. The van der Waals surface area contributed by atoms with Crippen molar-refractivity contribution in [2.75, 3.05) is 38.7 Å². The molecule has 3 heterocycles. The number of unbranched alkanes of at least 4 members (excludes halogenated alkanes) is 2. The number of fused-ring (bicyclic) bond motifs is 1. The van der Waals surface area contributed by atoms with Crippen LogP contribution in [0.3, 0.4) is 0 Å². The number of ether oxygens (including phenoxy) is 1. The predicted molar refractivity (Wildman–Crippen MR) is 175 cm³/mol. The van der Waals surface area contributed by atoms with Gasteiger partial charge in [-0.2, -0.15) is 0 Å². The number of hydrogen-bond donors (Lipinski definition) is 1. The van der Waals surface area contributed by atoms with Gasteiger partial charge in [0.2, 0.25) is 0 Å². The highest BCUT2D eigenvalue weighted by Crippen LogP contribution is 2.30. The quantitative estimate of drug-likeness (QED) is 0.148. The van der Waals surface area contributed by atoms with Gasteiger partial charge in [-0.25, -0.2) is 4.98 Å². The van der Waals surface area contributed by atoms with Crippen molar-refractivity contribution < 1.29 is 13.9 Å². The van der Waals surface area contributed by atoms with Crippen LogP contribution in [0, 0.1) is 5.92 Å². The van der Waals surface area contributed by atoms with Gasteiger partial charge in [-0.15, -0.1) is 6.58 Å². The van der Waals surface area contributed by atoms with Gasteiger partial charge in [-0.3, -0.25) is 9.29 Å². The summed E-state index contributed by atoms with van der Waals surface area (Å²) < 4.78 is 17.6. The van der Waals surface area contributed by atoms with Crippen LogP contribution in [0.5, 0.6) is 0 Å². The van der Waals surface area contributed by atoms with Gasteiger partial charge >= 0.3 is 0 Å². The topological polar surface area (TPSA) is 54.5 Å². The van der Waals surface area contributed by atoms with E-state index in [-0.39, 0.29) is 12.3 Å². The standard InChI is InChI=1S/C21H33NO.C13H19FN2.C2H4O/c1-6-17-11-10-12-18(16-22-13-8-9-14-22)20(17)15-19(7-2)21(3,4)23-5;14-9-3-1-2-6-12-8-7-11-5-4-10-15-13(11)16-12;1-2-3/h7,10-12,19H,2,6,8-9,13-16H2,1,3-5H3;7-8H,1-6,9-10H2,(H,15,16);2H,1H3. The maximum absolute atomic E-state index is 11.9. The number of carbonyl (C=O) groups excluding carboxylic acids is 1. The fourth-order valence-corrected chi connectivity index (χ4v) is 5.68. The molecule has 2 aromatic rings. The van der Waals surface area contributed by atoms with E-state index in [0.29, 0.717) is 12.3 Å². The third-order valence-corrected chi connectivity index (χ3v) is 8.49. The molecule has 0 aliphatic carbocycles. The van der Waals surface area contributed by atoms with Crippen LogP contribution in [0.4, 0.5) is 10.2 Å². The van der Waals surface area contributed by atoms with E-state index in [2.05, 4.69) is 79.0 Å². The van der Waals surface area contributed by atoms with E-state index in [1.54, 1.807) is 7.11 Å². The highest BCUT2D eigenvalue weighted by molar-refractivity contribution is 5.47. The van der Waals surface area contributed by atoms with E-state index < -0.39 is 0 Å². The molecule has 1 unspecified atom stereocenters. The Morgan fingerprint density at radius 3 is 2.48 bits per heavy atom. The van der Waals surface area contributed by atoms with Crippen LogP contribution in [-0.2, 0) is 41.8 Å². The summed E-state index contributed by atoms with van der Waals surface area (Å²) in [7, 11) is 1.80. The second-order valence-electron chi connectivity index (χ2n) is 11.8. The first-order chi connectivity index (χ1) is 20.3. The van der Waals surface area contributed by atoms with E-state index in [1.807, 2.05) is 0 Å². The fraction of sp³-hybridized carbons (Fsp3) is 0.611. The van der Waals surface area contributed by atoms with E-state index in [4.69, 9.17) is 9.53 Å². The lowest BCUT2D eigenvalue weighted by atomic mass is 9.82. The molecule has 6 heteroatoms. The summed E-state index contributed by atoms with van der Waals surface area (Å²) >= 11 is 0. The monoisotopic (exact) mass is 581 g/mol. The molecule has 1 aromatic carbocycles. The molecule has 1 fully saturated rings. The molecular formula is C36H56FN3O2. The minimum Gasteiger partial charge on any atom is -0.378 e. The van der Waals surface area contributed by atoms with Gasteiger partial charge in [0.1, 0.15) is 12.1 Å². The second kappa shape index (κ2) is 19.6. The third kappa shape index (κ3) is 11.6. The Bertz CT molecular complexity index is 1070. The molecule has 4 rings (SSSR count). The minimum atomic E-state index is -0.195. The number of aromatic nitrogens is 1. The number of methoxy groups -OCH3 is 1.